The molecule has 0 radical (unpaired) electrons. The third-order valence-electron chi connectivity index (χ3n) is 3.37. The number of ether oxygens (including phenoxy) is 2. The Labute approximate surface area is 130 Å². The summed E-state index contributed by atoms with van der Waals surface area (Å²) >= 11 is 0. The van der Waals surface area contributed by atoms with Gasteiger partial charge in [-0.05, 0) is 31.4 Å². The highest BCUT2D eigenvalue weighted by atomic mass is 16.5. The van der Waals surface area contributed by atoms with Gasteiger partial charge in [0.25, 0.3) is 0 Å². The van der Waals surface area contributed by atoms with Crippen LogP contribution in [0.25, 0.3) is 0 Å². The molecular formula is C16H23NO5. The van der Waals surface area contributed by atoms with Crippen LogP contribution in [0.1, 0.15) is 31.4 Å². The molecule has 1 rings (SSSR count). The second-order valence-electron chi connectivity index (χ2n) is 4.87. The molecule has 0 spiro atoms. The van der Waals surface area contributed by atoms with Crippen molar-refractivity contribution in [2.75, 3.05) is 13.7 Å². The van der Waals surface area contributed by atoms with Crippen molar-refractivity contribution < 1.29 is 24.2 Å². The number of amides is 1. The van der Waals surface area contributed by atoms with Gasteiger partial charge in [-0.25, -0.2) is 4.79 Å². The molecule has 0 saturated carbocycles. The van der Waals surface area contributed by atoms with Crippen molar-refractivity contribution in [1.82, 2.24) is 5.32 Å². The Bertz CT molecular complexity index is 515. The van der Waals surface area contributed by atoms with Gasteiger partial charge in [0.2, 0.25) is 0 Å². The van der Waals surface area contributed by atoms with E-state index in [1.807, 2.05) is 19.1 Å². The fourth-order valence-corrected chi connectivity index (χ4v) is 2.21. The number of hydrogen-bond acceptors (Lipinski definition) is 4. The van der Waals surface area contributed by atoms with Crippen LogP contribution >= 0.6 is 0 Å². The molecule has 1 aromatic rings. The van der Waals surface area contributed by atoms with Crippen LogP contribution in [0.3, 0.4) is 0 Å². The van der Waals surface area contributed by atoms with Crippen molar-refractivity contribution in [3.63, 3.8) is 0 Å². The lowest BCUT2D eigenvalue weighted by atomic mass is 9.95. The Morgan fingerprint density at radius 2 is 2.05 bits per heavy atom. The molecule has 0 heterocycles. The molecule has 0 aliphatic carbocycles. The van der Waals surface area contributed by atoms with Crippen molar-refractivity contribution in [3.05, 3.63) is 29.3 Å². The molecule has 0 saturated heterocycles. The first kappa shape index (κ1) is 17.8. The minimum Gasteiger partial charge on any atom is -0.496 e. The van der Waals surface area contributed by atoms with Gasteiger partial charge in [-0.1, -0.05) is 19.1 Å². The van der Waals surface area contributed by atoms with E-state index in [2.05, 4.69) is 5.32 Å². The smallest absolute Gasteiger partial charge is 0.404 e. The van der Waals surface area contributed by atoms with E-state index >= 15 is 0 Å². The van der Waals surface area contributed by atoms with Crippen LogP contribution in [-0.2, 0) is 22.5 Å². The Kier molecular flexibility index (Phi) is 7.22. The molecule has 1 unspecified atom stereocenters. The van der Waals surface area contributed by atoms with Crippen molar-refractivity contribution in [2.45, 2.75) is 33.2 Å². The average Bonchev–Trinajstić information content (AvgIpc) is 2.50. The molecule has 0 aliphatic rings. The topological polar surface area (TPSA) is 84.9 Å². The van der Waals surface area contributed by atoms with Crippen molar-refractivity contribution in [1.29, 1.82) is 0 Å². The molecule has 22 heavy (non-hydrogen) atoms. The monoisotopic (exact) mass is 309 g/mol. The molecule has 122 valence electrons. The zero-order chi connectivity index (χ0) is 16.5. The zero-order valence-electron chi connectivity index (χ0n) is 13.2. The summed E-state index contributed by atoms with van der Waals surface area (Å²) in [6.45, 7) is 4.25. The largest absolute Gasteiger partial charge is 0.496 e. The Morgan fingerprint density at radius 3 is 2.59 bits per heavy atom. The second-order valence-corrected chi connectivity index (χ2v) is 4.87. The van der Waals surface area contributed by atoms with Crippen molar-refractivity contribution in [2.24, 2.45) is 5.92 Å². The van der Waals surface area contributed by atoms with Gasteiger partial charge >= 0.3 is 12.1 Å². The summed E-state index contributed by atoms with van der Waals surface area (Å²) in [6, 6.07) is 5.52. The van der Waals surface area contributed by atoms with Crippen LogP contribution in [0.15, 0.2) is 18.2 Å². The van der Waals surface area contributed by atoms with Crippen molar-refractivity contribution in [3.8, 4) is 5.75 Å². The number of hydrogen-bond donors (Lipinski definition) is 2. The summed E-state index contributed by atoms with van der Waals surface area (Å²) in [5.74, 6) is 0.210. The van der Waals surface area contributed by atoms with E-state index in [-0.39, 0.29) is 18.4 Å². The molecule has 1 amide bonds. The molecule has 2 N–H and O–H groups in total. The summed E-state index contributed by atoms with van der Waals surface area (Å²) in [5, 5.41) is 11.0. The lowest BCUT2D eigenvalue weighted by molar-refractivity contribution is -0.148. The fourth-order valence-electron chi connectivity index (χ4n) is 2.21. The van der Waals surface area contributed by atoms with Crippen LogP contribution in [0, 0.1) is 5.92 Å². The standard InChI is InChI=1S/C16H23NO5/c1-4-12(15(18)22-5-2)8-11-6-7-14(21-3)13(9-11)10-17-16(19)20/h6-7,9,12,17H,4-5,8,10H2,1-3H3,(H,19,20). The molecule has 1 atom stereocenters. The highest BCUT2D eigenvalue weighted by Crippen LogP contribution is 2.22. The maximum Gasteiger partial charge on any atom is 0.404 e. The zero-order valence-corrected chi connectivity index (χ0v) is 13.2. The van der Waals surface area contributed by atoms with E-state index in [0.717, 1.165) is 11.1 Å². The van der Waals surface area contributed by atoms with Gasteiger partial charge in [-0.2, -0.15) is 0 Å². The molecule has 0 bridgehead atoms. The van der Waals surface area contributed by atoms with Crippen LogP contribution in [0.2, 0.25) is 0 Å². The molecule has 6 heteroatoms. The predicted octanol–water partition coefficient (Wildman–Crippen LogP) is 2.59. The number of nitrogens with one attached hydrogen (secondary N) is 1. The van der Waals surface area contributed by atoms with Crippen LogP contribution in [0.5, 0.6) is 5.75 Å². The molecule has 0 aliphatic heterocycles. The van der Waals surface area contributed by atoms with Gasteiger partial charge in [-0.3, -0.25) is 4.79 Å². The average molecular weight is 309 g/mol. The number of rotatable bonds is 8. The minimum absolute atomic E-state index is 0.155. The maximum atomic E-state index is 11.9. The Morgan fingerprint density at radius 1 is 1.32 bits per heavy atom. The molecule has 6 nitrogen and oxygen atoms in total. The third-order valence-corrected chi connectivity index (χ3v) is 3.37. The van der Waals surface area contributed by atoms with Gasteiger partial charge < -0.3 is 19.9 Å². The first-order chi connectivity index (χ1) is 10.5. The summed E-state index contributed by atoms with van der Waals surface area (Å²) in [4.78, 5) is 22.5. The van der Waals surface area contributed by atoms with E-state index < -0.39 is 6.09 Å². The highest BCUT2D eigenvalue weighted by Gasteiger charge is 2.19. The van der Waals surface area contributed by atoms with Gasteiger partial charge in [0.1, 0.15) is 5.75 Å². The van der Waals surface area contributed by atoms with Crippen LogP contribution in [0.4, 0.5) is 4.79 Å². The number of benzene rings is 1. The summed E-state index contributed by atoms with van der Waals surface area (Å²) in [5.41, 5.74) is 1.68. The first-order valence-electron chi connectivity index (χ1n) is 7.31. The Hall–Kier alpha value is -2.24. The molecule has 0 aromatic heterocycles. The predicted molar refractivity (Wildman–Crippen MR) is 82.0 cm³/mol. The number of carboxylic acid groups (broad SMARTS) is 1. The van der Waals surface area contributed by atoms with Gasteiger partial charge in [0.05, 0.1) is 19.6 Å². The number of esters is 1. The van der Waals surface area contributed by atoms with Crippen molar-refractivity contribution >= 4 is 12.1 Å². The minimum atomic E-state index is -1.09. The maximum absolute atomic E-state index is 11.9. The number of methoxy groups -OCH3 is 1. The fraction of sp³-hybridized carbons (Fsp3) is 0.500. The van der Waals surface area contributed by atoms with Gasteiger partial charge in [-0.15, -0.1) is 0 Å². The van der Waals surface area contributed by atoms with Crippen LogP contribution in [-0.4, -0.2) is 30.9 Å². The highest BCUT2D eigenvalue weighted by molar-refractivity contribution is 5.72. The Balaban J connectivity index is 2.88. The molecular weight excluding hydrogens is 286 g/mol. The molecule has 0 fully saturated rings. The van der Waals surface area contributed by atoms with Gasteiger partial charge in [0, 0.05) is 12.1 Å². The van der Waals surface area contributed by atoms with Gasteiger partial charge in [0.15, 0.2) is 0 Å². The summed E-state index contributed by atoms with van der Waals surface area (Å²) in [6.07, 6.45) is 0.151. The first-order valence-corrected chi connectivity index (χ1v) is 7.31. The quantitative estimate of drug-likeness (QED) is 0.721. The van der Waals surface area contributed by atoms with E-state index in [0.29, 0.717) is 25.2 Å². The van der Waals surface area contributed by atoms with Crippen LogP contribution < -0.4 is 10.1 Å². The normalized spacial score (nSPS) is 11.6. The van der Waals surface area contributed by atoms with E-state index in [1.54, 1.807) is 13.0 Å². The summed E-state index contributed by atoms with van der Waals surface area (Å²) in [7, 11) is 1.53. The second kappa shape index (κ2) is 8.92. The van der Waals surface area contributed by atoms with E-state index in [4.69, 9.17) is 14.6 Å². The van der Waals surface area contributed by atoms with E-state index in [1.165, 1.54) is 7.11 Å². The SMILES string of the molecule is CCOC(=O)C(CC)Cc1ccc(OC)c(CNC(=O)O)c1. The molecule has 1 aromatic carbocycles. The lowest BCUT2D eigenvalue weighted by Crippen LogP contribution is -2.21. The number of carbonyl (C=O) groups is 2. The third kappa shape index (κ3) is 5.27. The van der Waals surface area contributed by atoms with E-state index in [9.17, 15) is 9.59 Å². The lowest BCUT2D eigenvalue weighted by Gasteiger charge is -2.15. The summed E-state index contributed by atoms with van der Waals surface area (Å²) < 4.78 is 10.3. The number of carbonyl (C=O) groups excluding carboxylic acids is 1.